The predicted octanol–water partition coefficient (Wildman–Crippen LogP) is 0.966. The molecule has 2 fully saturated rings. The number of nitrogens with zero attached hydrogens (tertiary/aromatic N) is 1. The fourth-order valence-corrected chi connectivity index (χ4v) is 5.06. The Morgan fingerprint density at radius 3 is 2.38 bits per heavy atom. The van der Waals surface area contributed by atoms with Crippen LogP contribution in [0.3, 0.4) is 0 Å². The number of sulfone groups is 1. The highest BCUT2D eigenvalue weighted by atomic mass is 32.2. The van der Waals surface area contributed by atoms with Crippen molar-refractivity contribution in [2.45, 2.75) is 43.8 Å². The van der Waals surface area contributed by atoms with Crippen LogP contribution >= 0.6 is 0 Å². The van der Waals surface area contributed by atoms with Gasteiger partial charge in [-0.05, 0) is 12.8 Å². The molecule has 1 heterocycles. The molecule has 2 rings (SSSR count). The van der Waals surface area contributed by atoms with E-state index in [0.29, 0.717) is 13.1 Å². The van der Waals surface area contributed by atoms with Gasteiger partial charge < -0.3 is 4.90 Å². The lowest BCUT2D eigenvalue weighted by Crippen LogP contribution is -2.58. The van der Waals surface area contributed by atoms with E-state index in [-0.39, 0.29) is 11.7 Å². The summed E-state index contributed by atoms with van der Waals surface area (Å²) in [5.41, 5.74) is 0. The highest BCUT2D eigenvalue weighted by molar-refractivity contribution is 7.92. The molecule has 16 heavy (non-hydrogen) atoms. The van der Waals surface area contributed by atoms with E-state index >= 15 is 0 Å². The predicted molar refractivity (Wildman–Crippen MR) is 61.9 cm³/mol. The van der Waals surface area contributed by atoms with Gasteiger partial charge in [0.15, 0.2) is 9.84 Å². The fourth-order valence-electron chi connectivity index (χ4n) is 2.91. The highest BCUT2D eigenvalue weighted by Crippen LogP contribution is 2.38. The van der Waals surface area contributed by atoms with E-state index in [1.165, 1.54) is 6.92 Å². The molecule has 0 aromatic rings. The van der Waals surface area contributed by atoms with E-state index < -0.39 is 14.6 Å². The third kappa shape index (κ3) is 1.85. The van der Waals surface area contributed by atoms with Crippen LogP contribution < -0.4 is 0 Å². The van der Waals surface area contributed by atoms with Gasteiger partial charge in [-0.15, -0.1) is 0 Å². The lowest BCUT2D eigenvalue weighted by molar-refractivity contribution is -0.129. The molecule has 2 aliphatic rings. The molecular formula is C11H19NO3S. The van der Waals surface area contributed by atoms with Gasteiger partial charge in [-0.1, -0.05) is 19.3 Å². The first-order valence-electron chi connectivity index (χ1n) is 5.95. The Labute approximate surface area is 96.9 Å². The first-order valence-corrected chi connectivity index (χ1v) is 7.60. The van der Waals surface area contributed by atoms with Gasteiger partial charge in [-0.25, -0.2) is 8.42 Å². The average Bonchev–Trinajstić information content (AvgIpc) is 2.23. The monoisotopic (exact) mass is 245 g/mol. The molecule has 1 aliphatic heterocycles. The number of carbonyl (C=O) groups excluding carboxylic acids is 1. The molecular weight excluding hydrogens is 226 g/mol. The van der Waals surface area contributed by atoms with Crippen LogP contribution in [0.25, 0.3) is 0 Å². The lowest BCUT2D eigenvalue weighted by atomic mass is 9.87. The van der Waals surface area contributed by atoms with E-state index in [9.17, 15) is 13.2 Å². The fraction of sp³-hybridized carbons (Fsp3) is 0.909. The molecule has 1 aliphatic carbocycles. The summed E-state index contributed by atoms with van der Waals surface area (Å²) in [4.78, 5) is 13.1. The van der Waals surface area contributed by atoms with Crippen molar-refractivity contribution < 1.29 is 13.2 Å². The Bertz CT molecular complexity index is 382. The van der Waals surface area contributed by atoms with Crippen LogP contribution in [-0.4, -0.2) is 42.8 Å². The minimum absolute atomic E-state index is 0.000140. The Morgan fingerprint density at radius 2 is 1.81 bits per heavy atom. The van der Waals surface area contributed by atoms with Gasteiger partial charge in [-0.3, -0.25) is 4.79 Å². The van der Waals surface area contributed by atoms with Crippen molar-refractivity contribution in [1.82, 2.24) is 4.90 Å². The summed E-state index contributed by atoms with van der Waals surface area (Å²) in [7, 11) is -3.01. The molecule has 0 atom stereocenters. The topological polar surface area (TPSA) is 54.5 Å². The van der Waals surface area contributed by atoms with Crippen molar-refractivity contribution in [2.24, 2.45) is 0 Å². The molecule has 0 bridgehead atoms. The Balaban J connectivity index is 2.27. The van der Waals surface area contributed by atoms with Crippen molar-refractivity contribution in [3.05, 3.63) is 0 Å². The first-order chi connectivity index (χ1) is 7.47. The Hall–Kier alpha value is -0.580. The number of rotatable bonds is 0. The summed E-state index contributed by atoms with van der Waals surface area (Å²) in [5, 5.41) is 0. The lowest BCUT2D eigenvalue weighted by Gasteiger charge is -2.44. The zero-order valence-corrected chi connectivity index (χ0v) is 10.6. The van der Waals surface area contributed by atoms with Crippen LogP contribution in [0.15, 0.2) is 0 Å². The van der Waals surface area contributed by atoms with Crippen molar-refractivity contribution in [1.29, 1.82) is 0 Å². The van der Waals surface area contributed by atoms with Crippen molar-refractivity contribution in [3.63, 3.8) is 0 Å². The third-order valence-corrected chi connectivity index (χ3v) is 6.56. The maximum absolute atomic E-state index is 12.2. The maximum Gasteiger partial charge on any atom is 0.219 e. The largest absolute Gasteiger partial charge is 0.340 e. The van der Waals surface area contributed by atoms with Gasteiger partial charge in [-0.2, -0.15) is 0 Å². The molecule has 1 amide bonds. The molecule has 0 radical (unpaired) electrons. The van der Waals surface area contributed by atoms with Gasteiger partial charge in [0.1, 0.15) is 0 Å². The number of carbonyl (C=O) groups is 1. The smallest absolute Gasteiger partial charge is 0.219 e. The summed E-state index contributed by atoms with van der Waals surface area (Å²) in [5.74, 6) is 0.145. The second kappa shape index (κ2) is 4.02. The van der Waals surface area contributed by atoms with E-state index in [0.717, 1.165) is 32.1 Å². The third-order valence-electron chi connectivity index (χ3n) is 3.98. The average molecular weight is 245 g/mol. The number of hydrogen-bond donors (Lipinski definition) is 0. The van der Waals surface area contributed by atoms with Crippen LogP contribution in [0.4, 0.5) is 0 Å². The number of amides is 1. The van der Waals surface area contributed by atoms with Crippen LogP contribution in [0.2, 0.25) is 0 Å². The summed E-state index contributed by atoms with van der Waals surface area (Å²) in [6, 6.07) is 0. The molecule has 92 valence electrons. The molecule has 0 aromatic heterocycles. The SMILES string of the molecule is CC(=O)N1CCS(=O)(=O)C2(CCCCC2)C1. The van der Waals surface area contributed by atoms with E-state index in [1.54, 1.807) is 4.90 Å². The molecule has 1 saturated carbocycles. The molecule has 1 spiro atoms. The second-order valence-corrected chi connectivity index (χ2v) is 7.51. The Kier molecular flexibility index (Phi) is 2.99. The van der Waals surface area contributed by atoms with Crippen molar-refractivity contribution >= 4 is 15.7 Å². The summed E-state index contributed by atoms with van der Waals surface area (Å²) in [6.07, 6.45) is 4.55. The molecule has 1 saturated heterocycles. The summed E-state index contributed by atoms with van der Waals surface area (Å²) < 4.78 is 23.8. The molecule has 0 unspecified atom stereocenters. The Morgan fingerprint density at radius 1 is 1.19 bits per heavy atom. The zero-order valence-electron chi connectivity index (χ0n) is 9.74. The van der Waals surface area contributed by atoms with E-state index in [1.807, 2.05) is 0 Å². The molecule has 0 aromatic carbocycles. The van der Waals surface area contributed by atoms with Crippen LogP contribution in [0.5, 0.6) is 0 Å². The zero-order chi connectivity index (χ0) is 11.8. The summed E-state index contributed by atoms with van der Waals surface area (Å²) >= 11 is 0. The van der Waals surface area contributed by atoms with E-state index in [2.05, 4.69) is 0 Å². The summed E-state index contributed by atoms with van der Waals surface area (Å²) in [6.45, 7) is 2.32. The quantitative estimate of drug-likeness (QED) is 0.639. The molecule has 5 heteroatoms. The molecule has 4 nitrogen and oxygen atoms in total. The minimum atomic E-state index is -3.01. The normalized spacial score (nSPS) is 27.9. The van der Waals surface area contributed by atoms with Gasteiger partial charge in [0.25, 0.3) is 0 Å². The minimum Gasteiger partial charge on any atom is -0.340 e. The first kappa shape index (κ1) is 11.9. The molecule has 0 N–H and O–H groups in total. The van der Waals surface area contributed by atoms with Gasteiger partial charge in [0.2, 0.25) is 5.91 Å². The van der Waals surface area contributed by atoms with Crippen molar-refractivity contribution in [3.8, 4) is 0 Å². The van der Waals surface area contributed by atoms with Crippen LogP contribution in [-0.2, 0) is 14.6 Å². The second-order valence-electron chi connectivity index (χ2n) is 5.00. The van der Waals surface area contributed by atoms with E-state index in [4.69, 9.17) is 0 Å². The van der Waals surface area contributed by atoms with Crippen LogP contribution in [0, 0.1) is 0 Å². The highest BCUT2D eigenvalue weighted by Gasteiger charge is 2.48. The number of hydrogen-bond acceptors (Lipinski definition) is 3. The van der Waals surface area contributed by atoms with Gasteiger partial charge in [0.05, 0.1) is 10.5 Å². The standard InChI is InChI=1S/C11H19NO3S/c1-10(13)12-7-8-16(14,15)11(9-12)5-3-2-4-6-11/h2-9H2,1H3. The van der Waals surface area contributed by atoms with Crippen molar-refractivity contribution in [2.75, 3.05) is 18.8 Å². The van der Waals surface area contributed by atoms with Gasteiger partial charge in [0, 0.05) is 20.0 Å². The van der Waals surface area contributed by atoms with Gasteiger partial charge >= 0.3 is 0 Å². The maximum atomic E-state index is 12.2. The van der Waals surface area contributed by atoms with Crippen LogP contribution in [0.1, 0.15) is 39.0 Å².